The highest BCUT2D eigenvalue weighted by Crippen LogP contribution is 2.26. The molecule has 1 saturated heterocycles. The van der Waals surface area contributed by atoms with Crippen molar-refractivity contribution in [2.24, 2.45) is 5.92 Å². The van der Waals surface area contributed by atoms with Crippen LogP contribution >= 0.6 is 0 Å². The Morgan fingerprint density at radius 2 is 2.18 bits per heavy atom. The van der Waals surface area contributed by atoms with Crippen LogP contribution in [-0.2, 0) is 14.8 Å². The smallest absolute Gasteiger partial charge is 0.213 e. The molecular weight excluding hydrogens is 304 g/mol. The summed E-state index contributed by atoms with van der Waals surface area (Å²) in [5, 5.41) is 0. The SMILES string of the molecule is COCCS(=O)(=O)NCC(c1ccco1)N1CCC(C)CC1. The number of sulfonamides is 1. The van der Waals surface area contributed by atoms with Gasteiger partial charge < -0.3 is 9.15 Å². The highest BCUT2D eigenvalue weighted by atomic mass is 32.2. The van der Waals surface area contributed by atoms with Crippen LogP contribution < -0.4 is 4.72 Å². The molecule has 0 bridgehead atoms. The van der Waals surface area contributed by atoms with E-state index in [2.05, 4.69) is 16.5 Å². The quantitative estimate of drug-likeness (QED) is 0.784. The van der Waals surface area contributed by atoms with Crippen LogP contribution in [0.25, 0.3) is 0 Å². The highest BCUT2D eigenvalue weighted by Gasteiger charge is 2.27. The molecule has 0 saturated carbocycles. The van der Waals surface area contributed by atoms with Gasteiger partial charge in [0.1, 0.15) is 5.76 Å². The van der Waals surface area contributed by atoms with Gasteiger partial charge in [-0.15, -0.1) is 0 Å². The van der Waals surface area contributed by atoms with Crippen LogP contribution in [0.15, 0.2) is 22.8 Å². The summed E-state index contributed by atoms with van der Waals surface area (Å²) in [6.45, 7) is 4.71. The molecule has 126 valence electrons. The zero-order valence-electron chi connectivity index (χ0n) is 13.3. The van der Waals surface area contributed by atoms with Crippen molar-refractivity contribution >= 4 is 10.0 Å². The Balaban J connectivity index is 2.00. The van der Waals surface area contributed by atoms with Crippen molar-refractivity contribution in [1.29, 1.82) is 0 Å². The lowest BCUT2D eigenvalue weighted by Gasteiger charge is -2.35. The molecule has 0 radical (unpaired) electrons. The minimum atomic E-state index is -3.32. The van der Waals surface area contributed by atoms with Gasteiger partial charge in [0.25, 0.3) is 0 Å². The molecule has 1 aromatic rings. The third-order valence-electron chi connectivity index (χ3n) is 4.18. The van der Waals surface area contributed by atoms with Crippen molar-refractivity contribution < 1.29 is 17.6 Å². The number of nitrogens with zero attached hydrogens (tertiary/aromatic N) is 1. The van der Waals surface area contributed by atoms with E-state index in [0.717, 1.165) is 37.6 Å². The molecule has 1 aliphatic rings. The monoisotopic (exact) mass is 330 g/mol. The molecule has 0 aromatic carbocycles. The van der Waals surface area contributed by atoms with E-state index in [1.807, 2.05) is 12.1 Å². The zero-order chi connectivity index (χ0) is 16.0. The molecule has 0 aliphatic carbocycles. The fourth-order valence-electron chi connectivity index (χ4n) is 2.70. The number of hydrogen-bond acceptors (Lipinski definition) is 5. The molecule has 1 fully saturated rings. The lowest BCUT2D eigenvalue weighted by atomic mass is 9.97. The molecular formula is C15H26N2O4S. The summed E-state index contributed by atoms with van der Waals surface area (Å²) < 4.78 is 37.0. The average molecular weight is 330 g/mol. The van der Waals surface area contributed by atoms with Gasteiger partial charge in [0.2, 0.25) is 10.0 Å². The molecule has 2 rings (SSSR count). The molecule has 1 aromatic heterocycles. The molecule has 0 spiro atoms. The molecule has 22 heavy (non-hydrogen) atoms. The summed E-state index contributed by atoms with van der Waals surface area (Å²) in [6, 6.07) is 3.69. The fourth-order valence-corrected chi connectivity index (χ4v) is 3.64. The summed E-state index contributed by atoms with van der Waals surface area (Å²) in [6.07, 6.45) is 3.90. The van der Waals surface area contributed by atoms with Gasteiger partial charge in [-0.3, -0.25) is 4.90 Å². The topological polar surface area (TPSA) is 71.8 Å². The molecule has 6 nitrogen and oxygen atoms in total. The summed E-state index contributed by atoms with van der Waals surface area (Å²) >= 11 is 0. The largest absolute Gasteiger partial charge is 0.468 e. The Kier molecular flexibility index (Phi) is 6.43. The van der Waals surface area contributed by atoms with Gasteiger partial charge in [0.15, 0.2) is 0 Å². The molecule has 7 heteroatoms. The van der Waals surface area contributed by atoms with Crippen molar-refractivity contribution in [2.75, 3.05) is 39.1 Å². The van der Waals surface area contributed by atoms with Gasteiger partial charge in [-0.25, -0.2) is 13.1 Å². The first-order valence-electron chi connectivity index (χ1n) is 7.75. The maximum absolute atomic E-state index is 12.0. The predicted molar refractivity (Wildman–Crippen MR) is 85.1 cm³/mol. The Labute approximate surface area is 132 Å². The number of hydrogen-bond donors (Lipinski definition) is 1. The van der Waals surface area contributed by atoms with E-state index in [4.69, 9.17) is 9.15 Å². The average Bonchev–Trinajstić information content (AvgIpc) is 3.01. The third-order valence-corrected chi connectivity index (χ3v) is 5.49. The number of rotatable bonds is 8. The lowest BCUT2D eigenvalue weighted by Crippen LogP contribution is -2.42. The van der Waals surface area contributed by atoms with Gasteiger partial charge in [0, 0.05) is 13.7 Å². The van der Waals surface area contributed by atoms with Crippen LogP contribution in [0, 0.1) is 5.92 Å². The Bertz CT molecular complexity index is 522. The van der Waals surface area contributed by atoms with Crippen molar-refractivity contribution in [3.05, 3.63) is 24.2 Å². The van der Waals surface area contributed by atoms with E-state index >= 15 is 0 Å². The zero-order valence-corrected chi connectivity index (χ0v) is 14.1. The van der Waals surface area contributed by atoms with Crippen LogP contribution in [0.2, 0.25) is 0 Å². The first-order chi connectivity index (χ1) is 10.5. The van der Waals surface area contributed by atoms with E-state index in [0.29, 0.717) is 6.54 Å². The number of furan rings is 1. The van der Waals surface area contributed by atoms with Gasteiger partial charge in [-0.1, -0.05) is 6.92 Å². The van der Waals surface area contributed by atoms with Gasteiger partial charge in [-0.2, -0.15) is 0 Å². The van der Waals surface area contributed by atoms with Crippen molar-refractivity contribution in [2.45, 2.75) is 25.8 Å². The van der Waals surface area contributed by atoms with Crippen LogP contribution in [-0.4, -0.2) is 52.4 Å². The minimum absolute atomic E-state index is 0.0224. The highest BCUT2D eigenvalue weighted by molar-refractivity contribution is 7.89. The normalized spacial score (nSPS) is 19.4. The molecule has 1 unspecified atom stereocenters. The molecule has 1 atom stereocenters. The molecule has 1 N–H and O–H groups in total. The lowest BCUT2D eigenvalue weighted by molar-refractivity contribution is 0.124. The maximum Gasteiger partial charge on any atom is 0.213 e. The van der Waals surface area contributed by atoms with Crippen LogP contribution in [0.4, 0.5) is 0 Å². The number of ether oxygens (including phenoxy) is 1. The second-order valence-electron chi connectivity index (χ2n) is 5.91. The number of likely N-dealkylation sites (tertiary alicyclic amines) is 1. The second kappa shape index (κ2) is 8.10. The van der Waals surface area contributed by atoms with E-state index in [1.54, 1.807) is 6.26 Å². The second-order valence-corrected chi connectivity index (χ2v) is 7.84. The Hall–Kier alpha value is -0.890. The maximum atomic E-state index is 12.0. The van der Waals surface area contributed by atoms with Gasteiger partial charge in [0.05, 0.1) is 24.7 Å². The van der Waals surface area contributed by atoms with E-state index in [-0.39, 0.29) is 18.4 Å². The van der Waals surface area contributed by atoms with Crippen molar-refractivity contribution in [3.63, 3.8) is 0 Å². The first kappa shape index (κ1) is 17.5. The summed E-state index contributed by atoms with van der Waals surface area (Å²) in [5.41, 5.74) is 0. The Morgan fingerprint density at radius 3 is 2.77 bits per heavy atom. The van der Waals surface area contributed by atoms with Crippen LogP contribution in [0.3, 0.4) is 0 Å². The van der Waals surface area contributed by atoms with Crippen molar-refractivity contribution in [1.82, 2.24) is 9.62 Å². The van der Waals surface area contributed by atoms with Gasteiger partial charge in [-0.05, 0) is 44.0 Å². The first-order valence-corrected chi connectivity index (χ1v) is 9.41. The number of piperidine rings is 1. The predicted octanol–water partition coefficient (Wildman–Crippen LogP) is 1.62. The Morgan fingerprint density at radius 1 is 1.45 bits per heavy atom. The van der Waals surface area contributed by atoms with E-state index in [9.17, 15) is 8.42 Å². The number of methoxy groups -OCH3 is 1. The van der Waals surface area contributed by atoms with E-state index < -0.39 is 10.0 Å². The molecule has 0 amide bonds. The summed E-state index contributed by atoms with van der Waals surface area (Å²) in [7, 11) is -1.83. The summed E-state index contributed by atoms with van der Waals surface area (Å²) in [5.74, 6) is 1.52. The molecule has 2 heterocycles. The number of nitrogens with one attached hydrogen (secondary N) is 1. The van der Waals surface area contributed by atoms with Gasteiger partial charge >= 0.3 is 0 Å². The van der Waals surface area contributed by atoms with Crippen LogP contribution in [0.1, 0.15) is 31.6 Å². The standard InChI is InChI=1S/C15H26N2O4S/c1-13-5-7-17(8-6-13)14(15-4-3-9-21-15)12-16-22(18,19)11-10-20-2/h3-4,9,13-14,16H,5-8,10-12H2,1-2H3. The van der Waals surface area contributed by atoms with E-state index in [1.165, 1.54) is 7.11 Å². The minimum Gasteiger partial charge on any atom is -0.468 e. The summed E-state index contributed by atoms with van der Waals surface area (Å²) in [4.78, 5) is 2.30. The third kappa shape index (κ3) is 5.08. The molecule has 1 aliphatic heterocycles. The van der Waals surface area contributed by atoms with Crippen LogP contribution in [0.5, 0.6) is 0 Å². The fraction of sp³-hybridized carbons (Fsp3) is 0.733. The van der Waals surface area contributed by atoms with Crippen molar-refractivity contribution in [3.8, 4) is 0 Å².